The lowest BCUT2D eigenvalue weighted by molar-refractivity contribution is -0.146. The van der Waals surface area contributed by atoms with Gasteiger partial charge in [0.25, 0.3) is 0 Å². The number of carbonyl (C=O) groups excluding carboxylic acids is 2. The number of benzene rings is 1. The van der Waals surface area contributed by atoms with Crippen molar-refractivity contribution in [3.63, 3.8) is 0 Å². The lowest BCUT2D eigenvalue weighted by atomic mass is 9.75. The Kier molecular flexibility index (Phi) is 8.33. The number of para-hydroxylation sites is 1. The van der Waals surface area contributed by atoms with Gasteiger partial charge in [0.15, 0.2) is 0 Å². The number of nitrogens with zero attached hydrogens (tertiary/aromatic N) is 1. The van der Waals surface area contributed by atoms with Crippen LogP contribution >= 0.6 is 23.2 Å². The van der Waals surface area contributed by atoms with Gasteiger partial charge in [-0.1, -0.05) is 18.2 Å². The van der Waals surface area contributed by atoms with Crippen molar-refractivity contribution in [3.8, 4) is 5.75 Å². The van der Waals surface area contributed by atoms with Crippen LogP contribution in [0.4, 0.5) is 0 Å². The fourth-order valence-electron chi connectivity index (χ4n) is 3.30. The third-order valence-corrected chi connectivity index (χ3v) is 4.72. The van der Waals surface area contributed by atoms with Gasteiger partial charge in [-0.2, -0.15) is 0 Å². The van der Waals surface area contributed by atoms with Gasteiger partial charge < -0.3 is 14.2 Å². The molecule has 1 aromatic carbocycles. The van der Waals surface area contributed by atoms with E-state index in [1.807, 2.05) is 18.2 Å². The topological polar surface area (TPSA) is 74.2 Å². The Morgan fingerprint density at radius 3 is 2.36 bits per heavy atom. The Balaban J connectivity index is 2.60. The number of esters is 2. The van der Waals surface area contributed by atoms with E-state index in [1.54, 1.807) is 19.9 Å². The molecule has 0 aliphatic carbocycles. The first-order valence-electron chi connectivity index (χ1n) is 8.80. The number of hydrogen-bond donors (Lipinski definition) is 0. The number of allylic oxidation sites excluding steroid dienone is 1. The zero-order valence-electron chi connectivity index (χ0n) is 16.0. The second-order valence-electron chi connectivity index (χ2n) is 6.13. The first-order valence-corrected chi connectivity index (χ1v) is 9.87. The van der Waals surface area contributed by atoms with Crippen molar-refractivity contribution in [2.24, 2.45) is 10.9 Å². The van der Waals surface area contributed by atoms with Gasteiger partial charge in [-0.15, -0.1) is 23.2 Å². The van der Waals surface area contributed by atoms with Gasteiger partial charge in [-0.3, -0.25) is 9.79 Å². The molecular formula is C20H23Cl2NO5. The van der Waals surface area contributed by atoms with Crippen LogP contribution in [-0.4, -0.2) is 49.7 Å². The molecule has 6 nitrogen and oxygen atoms in total. The molecule has 152 valence electrons. The van der Waals surface area contributed by atoms with E-state index in [4.69, 9.17) is 37.4 Å². The molecular weight excluding hydrogens is 405 g/mol. The van der Waals surface area contributed by atoms with Crippen molar-refractivity contribution in [1.82, 2.24) is 0 Å². The van der Waals surface area contributed by atoms with Crippen LogP contribution in [0.3, 0.4) is 0 Å². The third-order valence-electron chi connectivity index (χ3n) is 4.41. The van der Waals surface area contributed by atoms with E-state index < -0.39 is 23.8 Å². The SMILES string of the molecule is COc1ccccc1C1C(C(=O)OCCCl)=C(C)N=C(C)C1C(=O)OCCCl. The second kappa shape index (κ2) is 10.5. The summed E-state index contributed by atoms with van der Waals surface area (Å²) in [4.78, 5) is 30.1. The van der Waals surface area contributed by atoms with Gasteiger partial charge in [0, 0.05) is 22.9 Å². The van der Waals surface area contributed by atoms with Gasteiger partial charge in [0.1, 0.15) is 24.9 Å². The molecule has 0 saturated heterocycles. The molecule has 0 amide bonds. The highest BCUT2D eigenvalue weighted by Gasteiger charge is 2.43. The standard InChI is InChI=1S/C20H23Cl2NO5/c1-12-16(19(24)27-10-8-21)18(14-6-4-5-7-15(14)26-3)17(13(2)23-12)20(25)28-11-9-22/h4-7,16,18H,8-11H2,1-3H3. The van der Waals surface area contributed by atoms with Crippen LogP contribution < -0.4 is 4.74 Å². The van der Waals surface area contributed by atoms with Gasteiger partial charge in [-0.25, -0.2) is 4.79 Å². The summed E-state index contributed by atoms with van der Waals surface area (Å²) in [6, 6.07) is 7.22. The highest BCUT2D eigenvalue weighted by Crippen LogP contribution is 2.43. The van der Waals surface area contributed by atoms with Gasteiger partial charge in [-0.05, 0) is 19.9 Å². The van der Waals surface area contributed by atoms with Crippen LogP contribution in [0.1, 0.15) is 25.3 Å². The molecule has 1 aromatic rings. The van der Waals surface area contributed by atoms with Crippen LogP contribution in [0.2, 0.25) is 0 Å². The molecule has 2 unspecified atom stereocenters. The Hall–Kier alpha value is -2.05. The average Bonchev–Trinajstić information content (AvgIpc) is 2.69. The molecule has 8 heteroatoms. The van der Waals surface area contributed by atoms with E-state index in [1.165, 1.54) is 7.11 Å². The Bertz CT molecular complexity index is 791. The minimum absolute atomic E-state index is 0.0554. The summed E-state index contributed by atoms with van der Waals surface area (Å²) in [5, 5.41) is 0. The summed E-state index contributed by atoms with van der Waals surface area (Å²) in [5.41, 5.74) is 1.98. The zero-order valence-corrected chi connectivity index (χ0v) is 17.5. The quantitative estimate of drug-likeness (QED) is 0.466. The number of hydrogen-bond acceptors (Lipinski definition) is 6. The molecule has 0 aromatic heterocycles. The number of methoxy groups -OCH3 is 1. The Labute approximate surface area is 174 Å². The predicted molar refractivity (Wildman–Crippen MR) is 108 cm³/mol. The van der Waals surface area contributed by atoms with Crippen LogP contribution in [-0.2, 0) is 19.1 Å². The summed E-state index contributed by atoms with van der Waals surface area (Å²) in [6.45, 7) is 3.57. The maximum Gasteiger partial charge on any atom is 0.336 e. The van der Waals surface area contributed by atoms with Crippen molar-refractivity contribution >= 4 is 40.9 Å². The van der Waals surface area contributed by atoms with Crippen molar-refractivity contribution in [2.75, 3.05) is 32.1 Å². The highest BCUT2D eigenvalue weighted by molar-refractivity contribution is 6.18. The maximum absolute atomic E-state index is 12.8. The fraction of sp³-hybridized carbons (Fsp3) is 0.450. The number of aliphatic imine (C=N–C) groups is 1. The molecule has 0 radical (unpaired) electrons. The highest BCUT2D eigenvalue weighted by atomic mass is 35.5. The second-order valence-corrected chi connectivity index (χ2v) is 6.89. The van der Waals surface area contributed by atoms with E-state index in [0.29, 0.717) is 22.7 Å². The number of halogens is 2. The first-order chi connectivity index (χ1) is 13.5. The van der Waals surface area contributed by atoms with Crippen LogP contribution in [0, 0.1) is 5.92 Å². The molecule has 2 atom stereocenters. The zero-order chi connectivity index (χ0) is 20.7. The van der Waals surface area contributed by atoms with Crippen LogP contribution in [0.5, 0.6) is 5.75 Å². The molecule has 0 saturated carbocycles. The van der Waals surface area contributed by atoms with Crippen LogP contribution in [0.15, 0.2) is 40.5 Å². The number of rotatable bonds is 8. The largest absolute Gasteiger partial charge is 0.496 e. The minimum atomic E-state index is -0.804. The van der Waals surface area contributed by atoms with Crippen LogP contribution in [0.25, 0.3) is 0 Å². The molecule has 2 rings (SSSR count). The summed E-state index contributed by atoms with van der Waals surface area (Å²) in [6.07, 6.45) is 0. The number of carbonyl (C=O) groups is 2. The molecule has 0 bridgehead atoms. The third kappa shape index (κ3) is 4.86. The lowest BCUT2D eigenvalue weighted by Gasteiger charge is -2.32. The van der Waals surface area contributed by atoms with Gasteiger partial charge >= 0.3 is 11.9 Å². The van der Waals surface area contributed by atoms with Crippen molar-refractivity contribution in [2.45, 2.75) is 19.8 Å². The predicted octanol–water partition coefficient (Wildman–Crippen LogP) is 3.71. The molecule has 1 aliphatic rings. The Morgan fingerprint density at radius 2 is 1.71 bits per heavy atom. The minimum Gasteiger partial charge on any atom is -0.496 e. The molecule has 0 N–H and O–H groups in total. The van der Waals surface area contributed by atoms with Crippen molar-refractivity contribution in [1.29, 1.82) is 0 Å². The van der Waals surface area contributed by atoms with E-state index in [9.17, 15) is 9.59 Å². The van der Waals surface area contributed by atoms with Gasteiger partial charge in [0.05, 0.1) is 24.4 Å². The summed E-state index contributed by atoms with van der Waals surface area (Å²) in [5.74, 6) is -1.66. The smallest absolute Gasteiger partial charge is 0.336 e. The monoisotopic (exact) mass is 427 g/mol. The fourth-order valence-corrected chi connectivity index (χ4v) is 3.46. The molecule has 1 aliphatic heterocycles. The van der Waals surface area contributed by atoms with E-state index in [0.717, 1.165) is 0 Å². The normalized spacial score (nSPS) is 19.1. The molecule has 1 heterocycles. The van der Waals surface area contributed by atoms with Crippen molar-refractivity contribution in [3.05, 3.63) is 41.1 Å². The van der Waals surface area contributed by atoms with E-state index >= 15 is 0 Å². The van der Waals surface area contributed by atoms with E-state index in [-0.39, 0.29) is 30.5 Å². The summed E-state index contributed by atoms with van der Waals surface area (Å²) >= 11 is 11.3. The maximum atomic E-state index is 12.8. The number of ether oxygens (including phenoxy) is 3. The molecule has 0 fully saturated rings. The molecule has 0 spiro atoms. The molecule has 28 heavy (non-hydrogen) atoms. The summed E-state index contributed by atoms with van der Waals surface area (Å²) in [7, 11) is 1.53. The summed E-state index contributed by atoms with van der Waals surface area (Å²) < 4.78 is 16.0. The lowest BCUT2D eigenvalue weighted by Crippen LogP contribution is -2.37. The van der Waals surface area contributed by atoms with E-state index in [2.05, 4.69) is 4.99 Å². The van der Waals surface area contributed by atoms with Gasteiger partial charge in [0.2, 0.25) is 0 Å². The Morgan fingerprint density at radius 1 is 1.07 bits per heavy atom. The average molecular weight is 428 g/mol. The number of alkyl halides is 2. The van der Waals surface area contributed by atoms with Crippen molar-refractivity contribution < 1.29 is 23.8 Å². The first kappa shape index (κ1) is 22.2.